The number of aryl methyl sites for hydroxylation is 2. The molecule has 1 saturated carbocycles. The quantitative estimate of drug-likeness (QED) is 0.784. The minimum atomic E-state index is -3.29. The molecule has 1 aromatic rings. The van der Waals surface area contributed by atoms with Gasteiger partial charge in [0.15, 0.2) is 15.6 Å². The number of ketones is 1. The van der Waals surface area contributed by atoms with E-state index in [1.165, 1.54) is 0 Å². The molecule has 0 saturated heterocycles. The lowest BCUT2D eigenvalue weighted by molar-refractivity contribution is 0.102. The van der Waals surface area contributed by atoms with E-state index in [4.69, 9.17) is 0 Å². The predicted octanol–water partition coefficient (Wildman–Crippen LogP) is 3.09. The summed E-state index contributed by atoms with van der Waals surface area (Å²) in [5.41, 5.74) is 2.46. The van der Waals surface area contributed by atoms with Gasteiger partial charge in [0, 0.05) is 5.56 Å². The molecule has 0 heterocycles. The van der Waals surface area contributed by atoms with Crippen molar-refractivity contribution >= 4 is 15.6 Å². The van der Waals surface area contributed by atoms with Crippen LogP contribution in [0.25, 0.3) is 0 Å². The molecule has 0 aliphatic heterocycles. The molecule has 1 aliphatic carbocycles. The summed E-state index contributed by atoms with van der Waals surface area (Å²) in [5.74, 6) is -0.204. The molecule has 0 bridgehead atoms. The second-order valence-corrected chi connectivity index (χ2v) is 8.06. The predicted molar refractivity (Wildman–Crippen MR) is 80.9 cm³/mol. The normalized spacial score (nSPS) is 16.5. The van der Waals surface area contributed by atoms with E-state index >= 15 is 0 Å². The average molecular weight is 294 g/mol. The first-order valence-corrected chi connectivity index (χ1v) is 9.00. The minimum Gasteiger partial charge on any atom is -0.293 e. The highest BCUT2D eigenvalue weighted by atomic mass is 32.2. The molecular weight excluding hydrogens is 272 g/mol. The van der Waals surface area contributed by atoms with Crippen molar-refractivity contribution in [1.82, 2.24) is 0 Å². The summed E-state index contributed by atoms with van der Waals surface area (Å²) < 4.78 is 24.3. The van der Waals surface area contributed by atoms with Crippen LogP contribution in [0.4, 0.5) is 0 Å². The van der Waals surface area contributed by atoms with Gasteiger partial charge in [0.05, 0.1) is 5.75 Å². The summed E-state index contributed by atoms with van der Waals surface area (Å²) in [6, 6.07) is 5.50. The fraction of sp³-hybridized carbons (Fsp3) is 0.562. The van der Waals surface area contributed by atoms with Crippen molar-refractivity contribution in [1.29, 1.82) is 0 Å². The lowest BCUT2D eigenvalue weighted by Gasteiger charge is -2.10. The van der Waals surface area contributed by atoms with Crippen LogP contribution in [0.3, 0.4) is 0 Å². The van der Waals surface area contributed by atoms with Gasteiger partial charge in [-0.25, -0.2) is 8.42 Å². The molecule has 2 rings (SSSR count). The molecule has 4 heteroatoms. The number of hydrogen-bond acceptors (Lipinski definition) is 3. The Morgan fingerprint density at radius 2 is 1.85 bits per heavy atom. The van der Waals surface area contributed by atoms with E-state index in [0.29, 0.717) is 5.56 Å². The van der Waals surface area contributed by atoms with E-state index in [0.717, 1.165) is 36.8 Å². The van der Waals surface area contributed by atoms with Gasteiger partial charge in [-0.15, -0.1) is 0 Å². The zero-order chi connectivity index (χ0) is 14.8. The van der Waals surface area contributed by atoms with Gasteiger partial charge in [-0.3, -0.25) is 4.79 Å². The van der Waals surface area contributed by atoms with Gasteiger partial charge in [-0.1, -0.05) is 36.6 Å². The van der Waals surface area contributed by atoms with Crippen molar-refractivity contribution in [2.75, 3.05) is 11.5 Å². The number of rotatable bonds is 5. The van der Waals surface area contributed by atoms with Gasteiger partial charge in [0.25, 0.3) is 0 Å². The fourth-order valence-corrected chi connectivity index (χ4v) is 4.72. The Kier molecular flexibility index (Phi) is 4.63. The zero-order valence-electron chi connectivity index (χ0n) is 12.2. The zero-order valence-corrected chi connectivity index (χ0v) is 13.0. The Bertz CT molecular complexity index is 596. The molecule has 0 unspecified atom stereocenters. The van der Waals surface area contributed by atoms with Gasteiger partial charge in [-0.2, -0.15) is 0 Å². The first kappa shape index (κ1) is 15.2. The first-order valence-electron chi connectivity index (χ1n) is 7.18. The number of benzene rings is 1. The molecule has 1 aromatic carbocycles. The SMILES string of the molecule is Cc1ccc(C(=O)CS(=O)(=O)CC2CCCC2)c(C)c1. The molecule has 0 amide bonds. The lowest BCUT2D eigenvalue weighted by atomic mass is 10.0. The van der Waals surface area contributed by atoms with Gasteiger partial charge in [-0.05, 0) is 38.2 Å². The van der Waals surface area contributed by atoms with Crippen LogP contribution in [0.1, 0.15) is 47.2 Å². The Hall–Kier alpha value is -1.16. The average Bonchev–Trinajstić information content (AvgIpc) is 2.79. The third-order valence-electron chi connectivity index (χ3n) is 4.00. The smallest absolute Gasteiger partial charge is 0.178 e. The van der Waals surface area contributed by atoms with Crippen LogP contribution in [0.2, 0.25) is 0 Å². The summed E-state index contributed by atoms with van der Waals surface area (Å²) in [4.78, 5) is 12.2. The number of hydrogen-bond donors (Lipinski definition) is 0. The summed E-state index contributed by atoms with van der Waals surface area (Å²) in [5, 5.41) is 0. The van der Waals surface area contributed by atoms with Gasteiger partial charge in [0.2, 0.25) is 0 Å². The van der Waals surface area contributed by atoms with Crippen LogP contribution < -0.4 is 0 Å². The van der Waals surface area contributed by atoms with Gasteiger partial charge < -0.3 is 0 Å². The second-order valence-electron chi connectivity index (χ2n) is 5.95. The summed E-state index contributed by atoms with van der Waals surface area (Å²) in [6.45, 7) is 3.81. The van der Waals surface area contributed by atoms with E-state index in [2.05, 4.69) is 0 Å². The standard InChI is InChI=1S/C16H22O3S/c1-12-7-8-15(13(2)9-12)16(17)11-20(18,19)10-14-5-3-4-6-14/h7-9,14H,3-6,10-11H2,1-2H3. The van der Waals surface area contributed by atoms with Crippen LogP contribution in [0.15, 0.2) is 18.2 Å². The highest BCUT2D eigenvalue weighted by molar-refractivity contribution is 7.92. The molecule has 0 spiro atoms. The Balaban J connectivity index is 2.06. The molecule has 0 N–H and O–H groups in total. The Morgan fingerprint density at radius 3 is 2.45 bits per heavy atom. The summed E-state index contributed by atoms with van der Waals surface area (Å²) >= 11 is 0. The van der Waals surface area contributed by atoms with E-state index in [-0.39, 0.29) is 23.2 Å². The van der Waals surface area contributed by atoms with Crippen molar-refractivity contribution in [3.8, 4) is 0 Å². The van der Waals surface area contributed by atoms with Crippen molar-refractivity contribution in [2.24, 2.45) is 5.92 Å². The van der Waals surface area contributed by atoms with Gasteiger partial charge in [0.1, 0.15) is 5.75 Å². The van der Waals surface area contributed by atoms with E-state index < -0.39 is 9.84 Å². The highest BCUT2D eigenvalue weighted by Gasteiger charge is 2.25. The summed E-state index contributed by atoms with van der Waals surface area (Å²) in [7, 11) is -3.29. The Labute approximate surface area is 121 Å². The summed E-state index contributed by atoms with van der Waals surface area (Å²) in [6.07, 6.45) is 4.20. The van der Waals surface area contributed by atoms with Crippen molar-refractivity contribution < 1.29 is 13.2 Å². The van der Waals surface area contributed by atoms with Crippen molar-refractivity contribution in [3.63, 3.8) is 0 Å². The second kappa shape index (κ2) is 6.08. The highest BCUT2D eigenvalue weighted by Crippen LogP contribution is 2.26. The van der Waals surface area contributed by atoms with Crippen LogP contribution in [-0.4, -0.2) is 25.7 Å². The molecule has 3 nitrogen and oxygen atoms in total. The maximum Gasteiger partial charge on any atom is 0.178 e. The number of sulfone groups is 1. The third kappa shape index (κ3) is 3.92. The monoisotopic (exact) mass is 294 g/mol. The lowest BCUT2D eigenvalue weighted by Crippen LogP contribution is -2.23. The molecule has 0 aromatic heterocycles. The van der Waals surface area contributed by atoms with Crippen LogP contribution >= 0.6 is 0 Å². The van der Waals surface area contributed by atoms with Crippen LogP contribution in [-0.2, 0) is 9.84 Å². The Morgan fingerprint density at radius 1 is 1.20 bits per heavy atom. The molecule has 0 radical (unpaired) electrons. The largest absolute Gasteiger partial charge is 0.293 e. The molecule has 20 heavy (non-hydrogen) atoms. The molecule has 110 valence electrons. The van der Waals surface area contributed by atoms with E-state index in [9.17, 15) is 13.2 Å². The topological polar surface area (TPSA) is 51.2 Å². The maximum absolute atomic E-state index is 12.2. The first-order chi connectivity index (χ1) is 9.37. The molecular formula is C16H22O3S. The number of Topliss-reactive ketones (excluding diaryl/α,β-unsaturated/α-hetero) is 1. The van der Waals surface area contributed by atoms with Crippen molar-refractivity contribution in [2.45, 2.75) is 39.5 Å². The maximum atomic E-state index is 12.2. The molecule has 1 aliphatic rings. The van der Waals surface area contributed by atoms with E-state index in [1.54, 1.807) is 6.07 Å². The molecule has 0 atom stereocenters. The van der Waals surface area contributed by atoms with Gasteiger partial charge >= 0.3 is 0 Å². The van der Waals surface area contributed by atoms with Crippen molar-refractivity contribution in [3.05, 3.63) is 34.9 Å². The fourth-order valence-electron chi connectivity index (χ4n) is 3.00. The van der Waals surface area contributed by atoms with Crippen LogP contribution in [0, 0.1) is 19.8 Å². The van der Waals surface area contributed by atoms with E-state index in [1.807, 2.05) is 26.0 Å². The number of carbonyl (C=O) groups is 1. The number of carbonyl (C=O) groups excluding carboxylic acids is 1. The minimum absolute atomic E-state index is 0.170. The van der Waals surface area contributed by atoms with Crippen LogP contribution in [0.5, 0.6) is 0 Å². The third-order valence-corrected chi connectivity index (χ3v) is 5.68. The molecule has 1 fully saturated rings.